The quantitative estimate of drug-likeness (QED) is 0.569. The molecule has 1 heterocycles. The van der Waals surface area contributed by atoms with Gasteiger partial charge < -0.3 is 20.8 Å². The molecule has 142 valence electrons. The van der Waals surface area contributed by atoms with Crippen LogP contribution in [0.3, 0.4) is 0 Å². The van der Waals surface area contributed by atoms with E-state index in [1.165, 1.54) is 6.20 Å². The molecule has 0 saturated heterocycles. The Hall–Kier alpha value is -3.19. The van der Waals surface area contributed by atoms with E-state index in [0.717, 1.165) is 16.7 Å². The van der Waals surface area contributed by atoms with E-state index in [-0.39, 0.29) is 6.54 Å². The normalized spacial score (nSPS) is 12.7. The lowest BCUT2D eigenvalue weighted by atomic mass is 10.0. The first-order chi connectivity index (χ1) is 12.9. The fourth-order valence-corrected chi connectivity index (χ4v) is 2.55. The second-order valence-electron chi connectivity index (χ2n) is 6.27. The second-order valence-corrected chi connectivity index (χ2v) is 6.27. The summed E-state index contributed by atoms with van der Waals surface area (Å²) in [5.74, 6) is -0.404. The van der Waals surface area contributed by atoms with Gasteiger partial charge in [-0.1, -0.05) is 36.9 Å². The molecular formula is C20H23N3O4. The molecule has 0 bridgehead atoms. The number of carbonyl (C=O) groups is 2. The maximum absolute atomic E-state index is 12.3. The summed E-state index contributed by atoms with van der Waals surface area (Å²) in [5.41, 5.74) is 2.75. The third kappa shape index (κ3) is 6.23. The molecule has 2 rings (SSSR count). The minimum Gasteiger partial charge on any atom is -0.465 e. The Morgan fingerprint density at radius 1 is 1.19 bits per heavy atom. The number of rotatable bonds is 8. The highest BCUT2D eigenvalue weighted by atomic mass is 16.4. The van der Waals surface area contributed by atoms with Crippen LogP contribution in [-0.4, -0.2) is 45.9 Å². The topological polar surface area (TPSA) is 112 Å². The van der Waals surface area contributed by atoms with Gasteiger partial charge >= 0.3 is 6.09 Å². The molecule has 2 atom stereocenters. The standard InChI is InChI=1S/C20H23N3O4/c1-13(2)15-9-16(11-21-10-15)19(25)22-12-18(24)17(23-20(26)27)8-14-6-4-3-5-7-14/h3-7,9-11,17-18,23-24H,1,8,12H2,2H3,(H,22,25)(H,26,27)/t17-,18+/m0/s1. The number of nitrogens with zero attached hydrogens (tertiary/aromatic N) is 1. The number of amides is 2. The van der Waals surface area contributed by atoms with Crippen molar-refractivity contribution in [2.75, 3.05) is 6.54 Å². The molecule has 0 radical (unpaired) electrons. The smallest absolute Gasteiger partial charge is 0.404 e. The van der Waals surface area contributed by atoms with Gasteiger partial charge in [-0.15, -0.1) is 0 Å². The first-order valence-electron chi connectivity index (χ1n) is 8.47. The summed E-state index contributed by atoms with van der Waals surface area (Å²) in [6.45, 7) is 5.53. The highest BCUT2D eigenvalue weighted by molar-refractivity contribution is 5.94. The van der Waals surface area contributed by atoms with Crippen LogP contribution in [0, 0.1) is 0 Å². The van der Waals surface area contributed by atoms with Gasteiger partial charge in [-0.25, -0.2) is 4.79 Å². The average Bonchev–Trinajstić information content (AvgIpc) is 2.65. The van der Waals surface area contributed by atoms with Gasteiger partial charge in [0.15, 0.2) is 0 Å². The summed E-state index contributed by atoms with van der Waals surface area (Å²) >= 11 is 0. The minimum absolute atomic E-state index is 0.103. The van der Waals surface area contributed by atoms with Crippen LogP contribution in [0.15, 0.2) is 55.4 Å². The van der Waals surface area contributed by atoms with E-state index in [2.05, 4.69) is 22.2 Å². The lowest BCUT2D eigenvalue weighted by molar-refractivity contribution is 0.0874. The highest BCUT2D eigenvalue weighted by Crippen LogP contribution is 2.12. The van der Waals surface area contributed by atoms with E-state index in [4.69, 9.17) is 5.11 Å². The van der Waals surface area contributed by atoms with Crippen LogP contribution < -0.4 is 10.6 Å². The van der Waals surface area contributed by atoms with Gasteiger partial charge in [0.05, 0.1) is 17.7 Å². The van der Waals surface area contributed by atoms with Crippen molar-refractivity contribution in [2.24, 2.45) is 0 Å². The number of aliphatic hydroxyl groups excluding tert-OH is 1. The number of carboxylic acid groups (broad SMARTS) is 1. The molecule has 1 aromatic heterocycles. The van der Waals surface area contributed by atoms with E-state index in [1.807, 2.05) is 37.3 Å². The average molecular weight is 369 g/mol. The largest absolute Gasteiger partial charge is 0.465 e. The molecule has 0 saturated carbocycles. The molecule has 0 spiro atoms. The summed E-state index contributed by atoms with van der Waals surface area (Å²) in [4.78, 5) is 27.3. The first-order valence-corrected chi connectivity index (χ1v) is 8.47. The van der Waals surface area contributed by atoms with E-state index < -0.39 is 24.1 Å². The van der Waals surface area contributed by atoms with Crippen LogP contribution in [0.2, 0.25) is 0 Å². The maximum Gasteiger partial charge on any atom is 0.404 e. The van der Waals surface area contributed by atoms with Gasteiger partial charge in [0.2, 0.25) is 0 Å². The van der Waals surface area contributed by atoms with Gasteiger partial charge in [0.25, 0.3) is 5.91 Å². The Labute approximate surface area is 157 Å². The van der Waals surface area contributed by atoms with E-state index in [0.29, 0.717) is 12.0 Å². The molecule has 4 N–H and O–H groups in total. The summed E-state index contributed by atoms with van der Waals surface area (Å²) in [5, 5.41) is 24.3. The van der Waals surface area contributed by atoms with Crippen molar-refractivity contribution in [3.05, 3.63) is 72.1 Å². The minimum atomic E-state index is -1.24. The number of aromatic nitrogens is 1. The molecule has 0 aliphatic heterocycles. The molecular weight excluding hydrogens is 346 g/mol. The van der Waals surface area contributed by atoms with Crippen LogP contribution in [-0.2, 0) is 6.42 Å². The first kappa shape index (κ1) is 20.1. The molecule has 2 amide bonds. The lowest BCUT2D eigenvalue weighted by Crippen LogP contribution is -2.49. The van der Waals surface area contributed by atoms with Crippen molar-refractivity contribution >= 4 is 17.6 Å². The fourth-order valence-electron chi connectivity index (χ4n) is 2.55. The molecule has 7 nitrogen and oxygen atoms in total. The van der Waals surface area contributed by atoms with E-state index >= 15 is 0 Å². The number of aliphatic hydroxyl groups is 1. The van der Waals surface area contributed by atoms with Gasteiger partial charge in [-0.3, -0.25) is 9.78 Å². The van der Waals surface area contributed by atoms with Crippen molar-refractivity contribution in [2.45, 2.75) is 25.5 Å². The molecule has 7 heteroatoms. The lowest BCUT2D eigenvalue weighted by Gasteiger charge is -2.23. The van der Waals surface area contributed by atoms with Crippen LogP contribution in [0.5, 0.6) is 0 Å². The molecule has 27 heavy (non-hydrogen) atoms. The molecule has 0 unspecified atom stereocenters. The zero-order valence-electron chi connectivity index (χ0n) is 15.1. The van der Waals surface area contributed by atoms with Crippen molar-refractivity contribution < 1.29 is 19.8 Å². The molecule has 0 aliphatic rings. The summed E-state index contributed by atoms with van der Waals surface area (Å²) < 4.78 is 0. The van der Waals surface area contributed by atoms with E-state index in [9.17, 15) is 14.7 Å². The number of pyridine rings is 1. The predicted molar refractivity (Wildman–Crippen MR) is 102 cm³/mol. The van der Waals surface area contributed by atoms with Crippen LogP contribution >= 0.6 is 0 Å². The monoisotopic (exact) mass is 369 g/mol. The summed E-state index contributed by atoms with van der Waals surface area (Å²) in [6.07, 6.45) is 1.00. The van der Waals surface area contributed by atoms with Crippen molar-refractivity contribution in [1.29, 1.82) is 0 Å². The molecule has 1 aromatic carbocycles. The fraction of sp³-hybridized carbons (Fsp3) is 0.250. The Morgan fingerprint density at radius 2 is 1.85 bits per heavy atom. The third-order valence-corrected chi connectivity index (χ3v) is 4.04. The van der Waals surface area contributed by atoms with Crippen LogP contribution in [0.25, 0.3) is 5.57 Å². The van der Waals surface area contributed by atoms with E-state index in [1.54, 1.807) is 12.3 Å². The van der Waals surface area contributed by atoms with Gasteiger partial charge in [-0.2, -0.15) is 0 Å². The molecule has 0 fully saturated rings. The Balaban J connectivity index is 2.00. The Bertz CT molecular complexity index is 808. The second kappa shape index (κ2) is 9.49. The Kier molecular flexibility index (Phi) is 7.08. The third-order valence-electron chi connectivity index (χ3n) is 4.04. The van der Waals surface area contributed by atoms with Crippen LogP contribution in [0.4, 0.5) is 4.79 Å². The SMILES string of the molecule is C=C(C)c1cncc(C(=O)NC[C@@H](O)[C@H](Cc2ccccc2)NC(=O)O)c1. The van der Waals surface area contributed by atoms with Crippen LogP contribution in [0.1, 0.15) is 28.4 Å². The number of carbonyl (C=O) groups excluding carboxylic acids is 1. The predicted octanol–water partition coefficient (Wildman–Crippen LogP) is 2.08. The Morgan fingerprint density at radius 3 is 2.48 bits per heavy atom. The van der Waals surface area contributed by atoms with Crippen molar-refractivity contribution in [3.8, 4) is 0 Å². The number of allylic oxidation sites excluding steroid dienone is 1. The zero-order chi connectivity index (χ0) is 19.8. The van der Waals surface area contributed by atoms with Gasteiger partial charge in [0.1, 0.15) is 0 Å². The summed E-state index contributed by atoms with van der Waals surface area (Å²) in [6, 6.07) is 10.1. The molecule has 0 aliphatic carbocycles. The van der Waals surface area contributed by atoms with Crippen molar-refractivity contribution in [3.63, 3.8) is 0 Å². The van der Waals surface area contributed by atoms with Gasteiger partial charge in [-0.05, 0) is 36.1 Å². The summed E-state index contributed by atoms with van der Waals surface area (Å²) in [7, 11) is 0. The molecule has 2 aromatic rings. The van der Waals surface area contributed by atoms with Gasteiger partial charge in [0, 0.05) is 18.9 Å². The van der Waals surface area contributed by atoms with Crippen molar-refractivity contribution in [1.82, 2.24) is 15.6 Å². The highest BCUT2D eigenvalue weighted by Gasteiger charge is 2.22. The number of hydrogen-bond acceptors (Lipinski definition) is 4. The zero-order valence-corrected chi connectivity index (χ0v) is 15.1. The number of nitrogens with one attached hydrogen (secondary N) is 2. The maximum atomic E-state index is 12.3. The number of benzene rings is 1. The number of hydrogen-bond donors (Lipinski definition) is 4.